The Hall–Kier alpha value is -2.81. The molecule has 2 N–H and O–H groups in total. The highest BCUT2D eigenvalue weighted by molar-refractivity contribution is 6.04. The second-order valence-corrected chi connectivity index (χ2v) is 8.57. The summed E-state index contributed by atoms with van der Waals surface area (Å²) in [5, 5.41) is 9.85. The molecule has 2 amide bonds. The molecule has 1 saturated heterocycles. The van der Waals surface area contributed by atoms with E-state index in [4.69, 9.17) is 0 Å². The van der Waals surface area contributed by atoms with Crippen LogP contribution in [-0.2, 0) is 16.9 Å². The van der Waals surface area contributed by atoms with Gasteiger partial charge in [-0.2, -0.15) is 5.10 Å². The average molecular weight is 415 g/mol. The molecule has 0 radical (unpaired) electrons. The number of likely N-dealkylation sites (tertiary alicyclic amines) is 1. The van der Waals surface area contributed by atoms with Crippen LogP contribution < -0.4 is 5.32 Å². The zero-order valence-electron chi connectivity index (χ0n) is 16.7. The maximum Gasteiger partial charge on any atom is 0.257 e. The minimum Gasteiger partial charge on any atom is -0.327 e. The summed E-state index contributed by atoms with van der Waals surface area (Å²) in [4.78, 5) is 29.9. The first-order valence-electron chi connectivity index (χ1n) is 10.2. The molecule has 30 heavy (non-hydrogen) atoms. The number of carbonyl (C=O) groups is 2. The molecule has 1 aromatic heterocycles. The van der Waals surface area contributed by atoms with E-state index in [1.165, 1.54) is 0 Å². The van der Waals surface area contributed by atoms with Crippen LogP contribution in [0.2, 0.25) is 0 Å². The second kappa shape index (κ2) is 6.87. The van der Waals surface area contributed by atoms with Gasteiger partial charge in [0.2, 0.25) is 5.91 Å². The highest BCUT2D eigenvalue weighted by Crippen LogP contribution is 2.57. The predicted molar refractivity (Wildman–Crippen MR) is 105 cm³/mol. The first-order chi connectivity index (χ1) is 14.4. The number of anilines is 1. The summed E-state index contributed by atoms with van der Waals surface area (Å²) < 4.78 is 26.9. The number of piperidine rings is 1. The van der Waals surface area contributed by atoms with Gasteiger partial charge < -0.3 is 15.1 Å². The molecule has 158 valence electrons. The second-order valence-electron chi connectivity index (χ2n) is 8.57. The maximum atomic E-state index is 13.4. The quantitative estimate of drug-likeness (QED) is 0.808. The number of amides is 2. The Morgan fingerprint density at radius 1 is 1.17 bits per heavy atom. The molecular weight excluding hydrogens is 392 g/mol. The van der Waals surface area contributed by atoms with Gasteiger partial charge >= 0.3 is 0 Å². The molecule has 1 saturated carbocycles. The zero-order chi connectivity index (χ0) is 21.0. The first kappa shape index (κ1) is 19.2. The van der Waals surface area contributed by atoms with Gasteiger partial charge in [-0.1, -0.05) is 0 Å². The smallest absolute Gasteiger partial charge is 0.257 e. The van der Waals surface area contributed by atoms with Crippen molar-refractivity contribution in [2.45, 2.75) is 37.8 Å². The Labute approximate surface area is 172 Å². The molecule has 0 atom stereocenters. The topological polar surface area (TPSA) is 81.3 Å². The van der Waals surface area contributed by atoms with Crippen LogP contribution in [0.5, 0.6) is 0 Å². The number of nitrogens with one attached hydrogen (secondary N) is 2. The number of benzene rings is 1. The largest absolute Gasteiger partial charge is 0.327 e. The van der Waals surface area contributed by atoms with Crippen molar-refractivity contribution >= 4 is 17.6 Å². The van der Waals surface area contributed by atoms with Gasteiger partial charge in [-0.05, 0) is 58.0 Å². The van der Waals surface area contributed by atoms with Crippen LogP contribution in [0.3, 0.4) is 0 Å². The number of aromatic amines is 1. The lowest BCUT2D eigenvalue weighted by Crippen LogP contribution is -2.43. The van der Waals surface area contributed by atoms with Crippen molar-refractivity contribution in [1.82, 2.24) is 20.0 Å². The summed E-state index contributed by atoms with van der Waals surface area (Å²) in [6, 6.07) is 2.67. The van der Waals surface area contributed by atoms with Crippen molar-refractivity contribution in [3.05, 3.63) is 46.7 Å². The number of rotatable bonds is 3. The van der Waals surface area contributed by atoms with Gasteiger partial charge in [0.1, 0.15) is 11.6 Å². The lowest BCUT2D eigenvalue weighted by atomic mass is 9.95. The van der Waals surface area contributed by atoms with E-state index in [-0.39, 0.29) is 22.9 Å². The van der Waals surface area contributed by atoms with Gasteiger partial charge in [-0.25, -0.2) is 8.78 Å². The zero-order valence-corrected chi connectivity index (χ0v) is 16.7. The normalized spacial score (nSPS) is 20.4. The minimum absolute atomic E-state index is 0.0175. The Bertz CT molecular complexity index is 1000. The van der Waals surface area contributed by atoms with Gasteiger partial charge in [0, 0.05) is 23.1 Å². The highest BCUT2D eigenvalue weighted by Gasteiger charge is 2.59. The highest BCUT2D eigenvalue weighted by atomic mass is 19.1. The van der Waals surface area contributed by atoms with Gasteiger partial charge in [0.05, 0.1) is 17.8 Å². The molecule has 2 aromatic rings. The van der Waals surface area contributed by atoms with Crippen molar-refractivity contribution in [3.8, 4) is 0 Å². The number of aromatic nitrogens is 2. The molecular formula is C21H23F2N5O2. The van der Waals surface area contributed by atoms with E-state index < -0.39 is 17.5 Å². The van der Waals surface area contributed by atoms with Crippen LogP contribution in [-0.4, -0.2) is 51.9 Å². The van der Waals surface area contributed by atoms with Gasteiger partial charge in [-0.3, -0.25) is 14.7 Å². The molecule has 3 heterocycles. The van der Waals surface area contributed by atoms with Crippen LogP contribution in [0, 0.1) is 17.6 Å². The van der Waals surface area contributed by atoms with E-state index in [0.29, 0.717) is 18.4 Å². The molecule has 2 fully saturated rings. The summed E-state index contributed by atoms with van der Waals surface area (Å²) >= 11 is 0. The summed E-state index contributed by atoms with van der Waals surface area (Å²) in [5.74, 6) is -1.80. The lowest BCUT2D eigenvalue weighted by molar-refractivity contribution is -0.140. The van der Waals surface area contributed by atoms with Crippen LogP contribution in [0.15, 0.2) is 18.2 Å². The first-order valence-corrected chi connectivity index (χ1v) is 10.2. The molecule has 3 aliphatic rings. The van der Waals surface area contributed by atoms with Crippen LogP contribution in [0.25, 0.3) is 0 Å². The number of nitrogens with zero attached hydrogens (tertiary/aromatic N) is 3. The molecule has 1 aromatic carbocycles. The number of fused-ring (bicyclic) bond motifs is 2. The molecule has 9 heteroatoms. The van der Waals surface area contributed by atoms with Gasteiger partial charge in [0.15, 0.2) is 5.82 Å². The third-order valence-electron chi connectivity index (χ3n) is 6.58. The standard InChI is InChI=1S/C21H23F2N5O2/c1-27-6-2-12(3-7-27)20(30)28-11-16-17(21(28)4-5-21)25-26-18(16)24-19(29)13-8-14(22)10-15(23)9-13/h8-10,12H,2-7,11H2,1H3,(H2,24,25,26,29). The van der Waals surface area contributed by atoms with E-state index in [1.807, 2.05) is 4.90 Å². The molecule has 1 spiro atoms. The number of hydrogen-bond acceptors (Lipinski definition) is 4. The number of hydrogen-bond donors (Lipinski definition) is 2. The summed E-state index contributed by atoms with van der Waals surface area (Å²) in [6.45, 7) is 2.20. The molecule has 1 aliphatic carbocycles. The molecule has 2 aliphatic heterocycles. The maximum absolute atomic E-state index is 13.4. The van der Waals surface area contributed by atoms with Crippen molar-refractivity contribution in [1.29, 1.82) is 0 Å². The Balaban J connectivity index is 1.36. The fourth-order valence-electron chi connectivity index (χ4n) is 4.72. The van der Waals surface area contributed by atoms with E-state index >= 15 is 0 Å². The van der Waals surface area contributed by atoms with E-state index in [9.17, 15) is 18.4 Å². The molecule has 7 nitrogen and oxygen atoms in total. The van der Waals surface area contributed by atoms with Crippen molar-refractivity contribution in [3.63, 3.8) is 0 Å². The third-order valence-corrected chi connectivity index (χ3v) is 6.58. The number of halogens is 2. The summed E-state index contributed by atoms with van der Waals surface area (Å²) in [6.07, 6.45) is 3.43. The molecule has 5 rings (SSSR count). The SMILES string of the molecule is CN1CCC(C(=O)N2Cc3c(NC(=O)c4cc(F)cc(F)c4)n[nH]c3C23CC3)CC1. The van der Waals surface area contributed by atoms with Crippen LogP contribution >= 0.6 is 0 Å². The summed E-state index contributed by atoms with van der Waals surface area (Å²) in [7, 11) is 2.06. The summed E-state index contributed by atoms with van der Waals surface area (Å²) in [5.41, 5.74) is 1.17. The average Bonchev–Trinajstić information content (AvgIpc) is 3.30. The fourth-order valence-corrected chi connectivity index (χ4v) is 4.72. The van der Waals surface area contributed by atoms with Crippen LogP contribution in [0.4, 0.5) is 14.6 Å². The van der Waals surface area contributed by atoms with E-state index in [1.54, 1.807) is 0 Å². The van der Waals surface area contributed by atoms with Gasteiger partial charge in [-0.15, -0.1) is 0 Å². The predicted octanol–water partition coefficient (Wildman–Crippen LogP) is 2.61. The van der Waals surface area contributed by atoms with Crippen molar-refractivity contribution < 1.29 is 18.4 Å². The van der Waals surface area contributed by atoms with E-state index in [0.717, 1.165) is 62.2 Å². The Morgan fingerprint density at radius 2 is 1.83 bits per heavy atom. The lowest BCUT2D eigenvalue weighted by Gasteiger charge is -2.33. The van der Waals surface area contributed by atoms with E-state index in [2.05, 4.69) is 27.5 Å². The van der Waals surface area contributed by atoms with Crippen LogP contribution in [0.1, 0.15) is 47.3 Å². The number of H-pyrrole nitrogens is 1. The third kappa shape index (κ3) is 3.08. The van der Waals surface area contributed by atoms with Crippen molar-refractivity contribution in [2.24, 2.45) is 5.92 Å². The molecule has 0 bridgehead atoms. The fraction of sp³-hybridized carbons (Fsp3) is 0.476. The minimum atomic E-state index is -0.820. The Kier molecular flexibility index (Phi) is 4.39. The van der Waals surface area contributed by atoms with Gasteiger partial charge in [0.25, 0.3) is 5.91 Å². The molecule has 0 unspecified atom stereocenters. The number of carbonyl (C=O) groups excluding carboxylic acids is 2. The Morgan fingerprint density at radius 3 is 2.47 bits per heavy atom. The monoisotopic (exact) mass is 415 g/mol. The van der Waals surface area contributed by atoms with Crippen molar-refractivity contribution in [2.75, 3.05) is 25.5 Å².